The van der Waals surface area contributed by atoms with Crippen LogP contribution in [0.4, 0.5) is 0 Å². The summed E-state index contributed by atoms with van der Waals surface area (Å²) >= 11 is 3.96. The molecule has 0 fully saturated rings. The molecule has 54 heavy (non-hydrogen) atoms. The Morgan fingerprint density at radius 2 is 0.722 bits per heavy atom. The van der Waals surface area contributed by atoms with Gasteiger partial charge < -0.3 is 77.6 Å². The quantitative estimate of drug-likeness (QED) is 0.0159. The number of aliphatic imine (C=N–C) groups is 4. The topological polar surface area (TPSA) is 440 Å². The number of carboxylic acids is 1. The molecule has 0 aliphatic rings. The number of carboxylic acid groups (broad SMARTS) is 1. The molecular weight excluding hydrogens is 730 g/mol. The van der Waals surface area contributed by atoms with Gasteiger partial charge >= 0.3 is 5.97 Å². The Morgan fingerprint density at radius 3 is 0.926 bits per heavy atom. The van der Waals surface area contributed by atoms with Crippen LogP contribution in [-0.2, 0) is 28.8 Å². The number of carbonyl (C=O) groups is 6. The Hall–Kier alpha value is -5.75. The minimum atomic E-state index is -1.37. The van der Waals surface area contributed by atoms with Gasteiger partial charge in [0.05, 0.1) is 0 Å². The zero-order valence-corrected chi connectivity index (χ0v) is 31.2. The third-order valence-corrected chi connectivity index (χ3v) is 7.54. The van der Waals surface area contributed by atoms with E-state index in [0.29, 0.717) is 6.42 Å². The second-order valence-electron chi connectivity index (χ2n) is 11.8. The molecule has 0 aliphatic heterocycles. The lowest BCUT2D eigenvalue weighted by Crippen LogP contribution is -2.59. The van der Waals surface area contributed by atoms with E-state index in [0.717, 1.165) is 0 Å². The molecule has 306 valence electrons. The molecule has 0 aromatic heterocycles. The number of nitrogens with zero attached hydrogens (tertiary/aromatic N) is 4. The SMILES string of the molecule is CC(=O)N[C@H](CCCN=C(N)N)C(=O)N[C@H](CCCN=C(N)N)C(=O)N[C@H](CCCN=C(N)N)C(=O)N[C@H](CCCN=C(N)N)C(=O)N[C@H](CS)C(=O)O. The van der Waals surface area contributed by atoms with Gasteiger partial charge in [-0.05, 0) is 51.4 Å². The van der Waals surface area contributed by atoms with E-state index in [1.54, 1.807) is 0 Å². The molecule has 0 bridgehead atoms. The Balaban J connectivity index is 6.44. The molecule has 0 saturated carbocycles. The molecule has 22 N–H and O–H groups in total. The average molecular weight is 788 g/mol. The maximum absolute atomic E-state index is 13.8. The van der Waals surface area contributed by atoms with Crippen molar-refractivity contribution in [1.82, 2.24) is 26.6 Å². The maximum atomic E-state index is 13.8. The van der Waals surface area contributed by atoms with E-state index in [-0.39, 0.29) is 101 Å². The Labute approximate surface area is 318 Å². The predicted octanol–water partition coefficient (Wildman–Crippen LogP) is -6.34. The lowest BCUT2D eigenvalue weighted by atomic mass is 10.0. The van der Waals surface area contributed by atoms with E-state index in [1.807, 2.05) is 0 Å². The van der Waals surface area contributed by atoms with E-state index in [1.165, 1.54) is 6.92 Å². The van der Waals surface area contributed by atoms with Crippen molar-refractivity contribution in [3.63, 3.8) is 0 Å². The first-order valence-corrected chi connectivity index (χ1v) is 17.5. The summed E-state index contributed by atoms with van der Waals surface area (Å²) in [6, 6.07) is -6.32. The molecule has 0 heterocycles. The molecule has 5 amide bonds. The summed E-state index contributed by atoms with van der Waals surface area (Å²) in [4.78, 5) is 93.2. The highest BCUT2D eigenvalue weighted by Crippen LogP contribution is 2.08. The third kappa shape index (κ3) is 22.9. The number of hydrogen-bond donors (Lipinski definition) is 15. The van der Waals surface area contributed by atoms with Crippen molar-refractivity contribution in [3.8, 4) is 0 Å². The van der Waals surface area contributed by atoms with Crippen LogP contribution in [0.1, 0.15) is 58.3 Å². The van der Waals surface area contributed by atoms with Gasteiger partial charge in [-0.3, -0.25) is 43.9 Å². The molecule has 0 rings (SSSR count). The van der Waals surface area contributed by atoms with Crippen LogP contribution in [0.5, 0.6) is 0 Å². The van der Waals surface area contributed by atoms with Crippen LogP contribution in [0.3, 0.4) is 0 Å². The van der Waals surface area contributed by atoms with Gasteiger partial charge in [0.15, 0.2) is 23.8 Å². The number of thiol groups is 1. The van der Waals surface area contributed by atoms with E-state index in [4.69, 9.17) is 45.9 Å². The summed E-state index contributed by atoms with van der Waals surface area (Å²) in [6.07, 6.45) is 0.926. The second kappa shape index (κ2) is 26.9. The van der Waals surface area contributed by atoms with Crippen molar-refractivity contribution in [2.45, 2.75) is 88.5 Å². The molecule has 0 unspecified atom stereocenters. The van der Waals surface area contributed by atoms with Crippen LogP contribution >= 0.6 is 12.6 Å². The summed E-state index contributed by atoms with van der Waals surface area (Å²) < 4.78 is 0. The second-order valence-corrected chi connectivity index (χ2v) is 12.2. The average Bonchev–Trinajstić information content (AvgIpc) is 3.07. The number of hydrogen-bond acceptors (Lipinski definition) is 11. The van der Waals surface area contributed by atoms with Gasteiger partial charge in [-0.1, -0.05) is 0 Å². The van der Waals surface area contributed by atoms with Gasteiger partial charge in [-0.2, -0.15) is 12.6 Å². The minimum absolute atomic E-state index is 0.00634. The zero-order valence-electron chi connectivity index (χ0n) is 30.3. The fourth-order valence-corrected chi connectivity index (χ4v) is 4.86. The van der Waals surface area contributed by atoms with Crippen LogP contribution in [0.2, 0.25) is 0 Å². The van der Waals surface area contributed by atoms with Crippen molar-refractivity contribution in [2.75, 3.05) is 31.9 Å². The molecule has 25 heteroatoms. The van der Waals surface area contributed by atoms with Gasteiger partial charge in [0.25, 0.3) is 0 Å². The smallest absolute Gasteiger partial charge is 0.327 e. The van der Waals surface area contributed by atoms with Gasteiger partial charge in [-0.25, -0.2) is 4.79 Å². The molecule has 24 nitrogen and oxygen atoms in total. The first kappa shape index (κ1) is 48.2. The molecule has 0 aromatic carbocycles. The van der Waals surface area contributed by atoms with Gasteiger partial charge in [0.2, 0.25) is 29.5 Å². The molecule has 0 aliphatic carbocycles. The molecule has 0 aromatic rings. The Kier molecular flexibility index (Phi) is 24.1. The van der Waals surface area contributed by atoms with Gasteiger partial charge in [-0.15, -0.1) is 0 Å². The maximum Gasteiger partial charge on any atom is 0.327 e. The van der Waals surface area contributed by atoms with Crippen molar-refractivity contribution in [3.05, 3.63) is 0 Å². The zero-order chi connectivity index (χ0) is 41.2. The van der Waals surface area contributed by atoms with Crippen molar-refractivity contribution in [1.29, 1.82) is 0 Å². The lowest BCUT2D eigenvalue weighted by Gasteiger charge is -2.27. The fourth-order valence-electron chi connectivity index (χ4n) is 4.61. The Morgan fingerprint density at radius 1 is 0.481 bits per heavy atom. The first-order chi connectivity index (χ1) is 25.4. The molecular formula is C29H57N17O7S. The van der Waals surface area contributed by atoms with E-state index in [2.05, 4.69) is 59.2 Å². The number of nitrogens with two attached hydrogens (primary N) is 8. The number of guanidine groups is 4. The molecule has 0 spiro atoms. The van der Waals surface area contributed by atoms with Crippen molar-refractivity contribution >= 4 is 72.0 Å². The standard InChI is InChI=1S/C29H57N17O7S/c1-15(47)42-16(6-2-10-38-26(30)31)21(48)43-17(7-3-11-39-27(32)33)22(49)44-18(8-4-12-40-28(34)35)23(50)45-19(9-5-13-41-29(36)37)24(51)46-20(14-54)25(52)53/h16-20,54H,2-14H2,1H3,(H,42,47)(H,43,48)(H,44,49)(H,45,50)(H,46,51)(H,52,53)(H4,30,31,38)(H4,32,33,39)(H4,34,35,40)(H4,36,37,41)/t16-,17-,18-,19-,20-/m1/s1. The minimum Gasteiger partial charge on any atom is -0.480 e. The number of aliphatic carboxylic acids is 1. The summed E-state index contributed by atoms with van der Waals surface area (Å²) in [5.74, 6) is -6.01. The van der Waals surface area contributed by atoms with Crippen LogP contribution in [0.25, 0.3) is 0 Å². The lowest BCUT2D eigenvalue weighted by molar-refractivity contribution is -0.141. The van der Waals surface area contributed by atoms with Crippen LogP contribution in [0, 0.1) is 0 Å². The molecule has 0 saturated heterocycles. The van der Waals surface area contributed by atoms with E-state index >= 15 is 0 Å². The largest absolute Gasteiger partial charge is 0.480 e. The number of carbonyl (C=O) groups excluding carboxylic acids is 5. The molecule has 0 radical (unpaired) electrons. The number of rotatable bonds is 27. The summed E-state index contributed by atoms with van der Waals surface area (Å²) in [6.45, 7) is 1.64. The first-order valence-electron chi connectivity index (χ1n) is 16.9. The van der Waals surface area contributed by atoms with E-state index in [9.17, 15) is 33.9 Å². The number of nitrogens with one attached hydrogen (secondary N) is 5. The van der Waals surface area contributed by atoms with Crippen LogP contribution < -0.4 is 72.5 Å². The van der Waals surface area contributed by atoms with Crippen LogP contribution in [-0.4, -0.2) is 127 Å². The van der Waals surface area contributed by atoms with Gasteiger partial charge in [0.1, 0.15) is 30.2 Å². The highest BCUT2D eigenvalue weighted by Gasteiger charge is 2.32. The summed E-state index contributed by atoms with van der Waals surface area (Å²) in [7, 11) is 0. The highest BCUT2D eigenvalue weighted by atomic mass is 32.1. The van der Waals surface area contributed by atoms with Crippen molar-refractivity contribution < 1.29 is 33.9 Å². The van der Waals surface area contributed by atoms with Gasteiger partial charge in [0, 0.05) is 38.9 Å². The Bertz CT molecular complexity index is 1360. The predicted molar refractivity (Wildman–Crippen MR) is 206 cm³/mol. The normalized spacial score (nSPS) is 13.2. The number of amides is 5. The van der Waals surface area contributed by atoms with Crippen LogP contribution in [0.15, 0.2) is 20.0 Å². The van der Waals surface area contributed by atoms with Crippen molar-refractivity contribution in [2.24, 2.45) is 65.8 Å². The fraction of sp³-hybridized carbons (Fsp3) is 0.655. The third-order valence-electron chi connectivity index (χ3n) is 7.17. The summed E-state index contributed by atoms with van der Waals surface area (Å²) in [5, 5.41) is 22.1. The summed E-state index contributed by atoms with van der Waals surface area (Å²) in [5.41, 5.74) is 43.1. The monoisotopic (exact) mass is 787 g/mol. The molecule has 5 atom stereocenters. The highest BCUT2D eigenvalue weighted by molar-refractivity contribution is 7.80. The van der Waals surface area contributed by atoms with E-state index < -0.39 is 65.7 Å².